The Hall–Kier alpha value is -1.74. The van der Waals surface area contributed by atoms with Crippen LogP contribution in [0, 0.1) is 20.8 Å². The SMILES string of the molecule is CNC(c1ccc(OC(C)C)cc1)c1c(C)oc(C)c1C. The Morgan fingerprint density at radius 1 is 1.00 bits per heavy atom. The summed E-state index contributed by atoms with van der Waals surface area (Å²) in [5, 5.41) is 3.39. The molecule has 114 valence electrons. The molecule has 0 saturated heterocycles. The first-order chi connectivity index (χ1) is 9.93. The van der Waals surface area contributed by atoms with Gasteiger partial charge in [0.15, 0.2) is 0 Å². The zero-order valence-corrected chi connectivity index (χ0v) is 13.8. The van der Waals surface area contributed by atoms with Crippen LogP contribution >= 0.6 is 0 Å². The molecular formula is C18H25NO2. The van der Waals surface area contributed by atoms with E-state index in [4.69, 9.17) is 9.15 Å². The average Bonchev–Trinajstić information content (AvgIpc) is 2.67. The summed E-state index contributed by atoms with van der Waals surface area (Å²) >= 11 is 0. The minimum Gasteiger partial charge on any atom is -0.491 e. The van der Waals surface area contributed by atoms with E-state index in [1.807, 2.05) is 46.9 Å². The molecule has 1 atom stereocenters. The minimum atomic E-state index is 0.135. The molecule has 2 aromatic rings. The molecule has 0 radical (unpaired) electrons. The molecular weight excluding hydrogens is 262 g/mol. The lowest BCUT2D eigenvalue weighted by Crippen LogP contribution is -2.19. The summed E-state index contributed by atoms with van der Waals surface area (Å²) < 4.78 is 11.5. The number of aryl methyl sites for hydroxylation is 2. The van der Waals surface area contributed by atoms with Crippen molar-refractivity contribution in [2.45, 2.75) is 46.8 Å². The monoisotopic (exact) mass is 287 g/mol. The van der Waals surface area contributed by atoms with E-state index >= 15 is 0 Å². The number of hydrogen-bond donors (Lipinski definition) is 1. The summed E-state index contributed by atoms with van der Waals surface area (Å²) in [5.41, 5.74) is 3.66. The third-order valence-corrected chi connectivity index (χ3v) is 3.78. The highest BCUT2D eigenvalue weighted by atomic mass is 16.5. The lowest BCUT2D eigenvalue weighted by Gasteiger charge is -2.18. The molecule has 0 amide bonds. The Kier molecular flexibility index (Phi) is 4.73. The van der Waals surface area contributed by atoms with Crippen molar-refractivity contribution in [1.29, 1.82) is 0 Å². The van der Waals surface area contributed by atoms with Crippen LogP contribution in [0.5, 0.6) is 5.75 Å². The normalized spacial score (nSPS) is 12.7. The highest BCUT2D eigenvalue weighted by molar-refractivity contribution is 5.41. The Morgan fingerprint density at radius 3 is 2.05 bits per heavy atom. The number of rotatable bonds is 5. The van der Waals surface area contributed by atoms with E-state index in [0.29, 0.717) is 0 Å². The summed E-state index contributed by atoms with van der Waals surface area (Å²) in [6, 6.07) is 8.41. The molecule has 0 aliphatic rings. The third kappa shape index (κ3) is 3.30. The van der Waals surface area contributed by atoms with Gasteiger partial charge in [0.05, 0.1) is 12.1 Å². The largest absolute Gasteiger partial charge is 0.491 e. The lowest BCUT2D eigenvalue weighted by atomic mass is 9.95. The van der Waals surface area contributed by atoms with E-state index in [1.165, 1.54) is 16.7 Å². The molecule has 1 heterocycles. The first-order valence-electron chi connectivity index (χ1n) is 7.44. The second-order valence-corrected chi connectivity index (χ2v) is 5.71. The highest BCUT2D eigenvalue weighted by Crippen LogP contribution is 2.32. The summed E-state index contributed by atoms with van der Waals surface area (Å²) in [7, 11) is 1.98. The van der Waals surface area contributed by atoms with E-state index in [9.17, 15) is 0 Å². The predicted octanol–water partition coefficient (Wildman–Crippen LogP) is 4.30. The van der Waals surface area contributed by atoms with E-state index in [-0.39, 0.29) is 12.1 Å². The third-order valence-electron chi connectivity index (χ3n) is 3.78. The van der Waals surface area contributed by atoms with Gasteiger partial charge in [-0.1, -0.05) is 12.1 Å². The van der Waals surface area contributed by atoms with Gasteiger partial charge in [-0.15, -0.1) is 0 Å². The van der Waals surface area contributed by atoms with Gasteiger partial charge in [-0.05, 0) is 64.9 Å². The molecule has 0 saturated carbocycles. The summed E-state index contributed by atoms with van der Waals surface area (Å²) in [4.78, 5) is 0. The van der Waals surface area contributed by atoms with Crippen molar-refractivity contribution in [3.05, 3.63) is 52.5 Å². The number of benzene rings is 1. The summed E-state index contributed by atoms with van der Waals surface area (Å²) in [5.74, 6) is 2.87. The molecule has 3 heteroatoms. The van der Waals surface area contributed by atoms with Gasteiger partial charge >= 0.3 is 0 Å². The van der Waals surface area contributed by atoms with E-state index in [2.05, 4.69) is 24.4 Å². The Balaban J connectivity index is 2.33. The van der Waals surface area contributed by atoms with Crippen LogP contribution in [0.3, 0.4) is 0 Å². The predicted molar refractivity (Wildman–Crippen MR) is 86.0 cm³/mol. The van der Waals surface area contributed by atoms with Gasteiger partial charge in [0.2, 0.25) is 0 Å². The van der Waals surface area contributed by atoms with Crippen molar-refractivity contribution in [1.82, 2.24) is 5.32 Å². The molecule has 0 aliphatic carbocycles. The van der Waals surface area contributed by atoms with Gasteiger partial charge < -0.3 is 14.5 Å². The van der Waals surface area contributed by atoms with Crippen molar-refractivity contribution in [3.63, 3.8) is 0 Å². The molecule has 1 aromatic carbocycles. The first kappa shape index (κ1) is 15.6. The maximum absolute atomic E-state index is 5.76. The fraction of sp³-hybridized carbons (Fsp3) is 0.444. The second-order valence-electron chi connectivity index (χ2n) is 5.71. The van der Waals surface area contributed by atoms with Crippen LogP contribution in [0.15, 0.2) is 28.7 Å². The minimum absolute atomic E-state index is 0.135. The smallest absolute Gasteiger partial charge is 0.119 e. The Bertz CT molecular complexity index is 596. The van der Waals surface area contributed by atoms with Crippen LogP contribution in [0.4, 0.5) is 0 Å². The molecule has 21 heavy (non-hydrogen) atoms. The number of ether oxygens (including phenoxy) is 1. The van der Waals surface area contributed by atoms with Gasteiger partial charge in [-0.3, -0.25) is 0 Å². The van der Waals surface area contributed by atoms with Crippen LogP contribution in [-0.2, 0) is 0 Å². The average molecular weight is 287 g/mol. The number of hydrogen-bond acceptors (Lipinski definition) is 3. The topological polar surface area (TPSA) is 34.4 Å². The lowest BCUT2D eigenvalue weighted by molar-refractivity contribution is 0.242. The van der Waals surface area contributed by atoms with E-state index < -0.39 is 0 Å². The molecule has 0 fully saturated rings. The summed E-state index contributed by atoms with van der Waals surface area (Å²) in [6.45, 7) is 10.2. The van der Waals surface area contributed by atoms with Crippen LogP contribution in [0.2, 0.25) is 0 Å². The van der Waals surface area contributed by atoms with Crippen molar-refractivity contribution in [3.8, 4) is 5.75 Å². The van der Waals surface area contributed by atoms with Crippen LogP contribution in [0.1, 0.15) is 48.1 Å². The molecule has 0 spiro atoms. The van der Waals surface area contributed by atoms with E-state index in [1.54, 1.807) is 0 Å². The molecule has 1 N–H and O–H groups in total. The quantitative estimate of drug-likeness (QED) is 0.890. The molecule has 1 unspecified atom stereocenters. The van der Waals surface area contributed by atoms with Gasteiger partial charge in [0, 0.05) is 5.56 Å². The number of furan rings is 1. The maximum Gasteiger partial charge on any atom is 0.119 e. The van der Waals surface area contributed by atoms with Crippen molar-refractivity contribution in [2.24, 2.45) is 0 Å². The van der Waals surface area contributed by atoms with Crippen molar-refractivity contribution in [2.75, 3.05) is 7.05 Å². The zero-order valence-electron chi connectivity index (χ0n) is 13.8. The van der Waals surface area contributed by atoms with Crippen LogP contribution < -0.4 is 10.1 Å². The van der Waals surface area contributed by atoms with Crippen LogP contribution in [0.25, 0.3) is 0 Å². The highest BCUT2D eigenvalue weighted by Gasteiger charge is 2.21. The fourth-order valence-electron chi connectivity index (χ4n) is 2.72. The molecule has 1 aromatic heterocycles. The first-order valence-corrected chi connectivity index (χ1v) is 7.44. The van der Waals surface area contributed by atoms with Crippen molar-refractivity contribution >= 4 is 0 Å². The standard InChI is InChI=1S/C18H25NO2/c1-11(2)20-16-9-7-15(8-10-16)18(19-6)17-12(3)13(4)21-14(17)5/h7-11,18-19H,1-6H3. The van der Waals surface area contributed by atoms with Crippen molar-refractivity contribution < 1.29 is 9.15 Å². The number of nitrogens with one attached hydrogen (secondary N) is 1. The Morgan fingerprint density at radius 2 is 1.62 bits per heavy atom. The van der Waals surface area contributed by atoms with Gasteiger partial charge in [0.1, 0.15) is 17.3 Å². The van der Waals surface area contributed by atoms with Crippen LogP contribution in [-0.4, -0.2) is 13.2 Å². The molecule has 3 nitrogen and oxygen atoms in total. The fourth-order valence-corrected chi connectivity index (χ4v) is 2.72. The zero-order chi connectivity index (χ0) is 15.6. The second kappa shape index (κ2) is 6.35. The van der Waals surface area contributed by atoms with Gasteiger partial charge in [0.25, 0.3) is 0 Å². The van der Waals surface area contributed by atoms with E-state index in [0.717, 1.165) is 17.3 Å². The molecule has 0 bridgehead atoms. The summed E-state index contributed by atoms with van der Waals surface area (Å²) in [6.07, 6.45) is 0.192. The Labute approximate surface area is 127 Å². The van der Waals surface area contributed by atoms with Gasteiger partial charge in [-0.2, -0.15) is 0 Å². The molecule has 2 rings (SSSR count). The maximum atomic E-state index is 5.76. The molecule has 0 aliphatic heterocycles. The van der Waals surface area contributed by atoms with Gasteiger partial charge in [-0.25, -0.2) is 0 Å².